The molecule has 2 rings (SSSR count). The van der Waals surface area contributed by atoms with Crippen LogP contribution in [0.1, 0.15) is 29.6 Å². The Hall–Kier alpha value is -2.38. The molecule has 23 heavy (non-hydrogen) atoms. The number of hydrogen-bond donors (Lipinski definition) is 5. The highest BCUT2D eigenvalue weighted by Crippen LogP contribution is 2.41. The van der Waals surface area contributed by atoms with Crippen molar-refractivity contribution >= 4 is 11.8 Å². The molecule has 0 heterocycles. The van der Waals surface area contributed by atoms with Gasteiger partial charge in [0.15, 0.2) is 5.78 Å². The van der Waals surface area contributed by atoms with Gasteiger partial charge in [0.1, 0.15) is 16.9 Å². The Morgan fingerprint density at radius 1 is 1.26 bits per heavy atom. The predicted octanol–water partition coefficient (Wildman–Crippen LogP) is 0.815. The highest BCUT2D eigenvalue weighted by molar-refractivity contribution is 6.01. The van der Waals surface area contributed by atoms with Crippen LogP contribution in [0.15, 0.2) is 29.8 Å². The van der Waals surface area contributed by atoms with Crippen molar-refractivity contribution < 1.29 is 35.1 Å². The predicted molar refractivity (Wildman–Crippen MR) is 79.2 cm³/mol. The minimum absolute atomic E-state index is 0.0261. The van der Waals surface area contributed by atoms with Crippen LogP contribution in [0.3, 0.4) is 0 Å². The first-order valence-corrected chi connectivity index (χ1v) is 7.08. The van der Waals surface area contributed by atoms with Gasteiger partial charge in [-0.25, -0.2) is 0 Å². The third kappa shape index (κ3) is 3.06. The van der Waals surface area contributed by atoms with Crippen molar-refractivity contribution in [3.8, 4) is 11.5 Å². The van der Waals surface area contributed by atoms with Gasteiger partial charge in [0.25, 0.3) is 0 Å². The zero-order chi connectivity index (χ0) is 17.2. The Kier molecular flexibility index (Phi) is 4.72. The molecule has 0 radical (unpaired) electrons. The zero-order valence-electron chi connectivity index (χ0n) is 12.3. The van der Waals surface area contributed by atoms with Crippen LogP contribution >= 0.6 is 0 Å². The second kappa shape index (κ2) is 6.39. The molecule has 1 aliphatic rings. The molecular formula is C16H18O7. The Morgan fingerprint density at radius 3 is 2.57 bits per heavy atom. The van der Waals surface area contributed by atoms with Gasteiger partial charge in [-0.15, -0.1) is 0 Å². The van der Waals surface area contributed by atoms with Crippen molar-refractivity contribution in [2.75, 3.05) is 6.61 Å². The normalized spacial score (nSPS) is 24.1. The molecule has 1 aromatic carbocycles. The summed E-state index contributed by atoms with van der Waals surface area (Å²) in [6.45, 7) is -0.498. The minimum Gasteiger partial charge on any atom is -0.508 e. The number of benzene rings is 1. The van der Waals surface area contributed by atoms with E-state index in [4.69, 9.17) is 0 Å². The fourth-order valence-electron chi connectivity index (χ4n) is 2.88. The number of phenolic OH excluding ortho intramolecular Hbond substituents is 2. The largest absolute Gasteiger partial charge is 0.508 e. The summed E-state index contributed by atoms with van der Waals surface area (Å²) in [6, 6.07) is 3.37. The third-order valence-electron chi connectivity index (χ3n) is 4.24. The average molecular weight is 322 g/mol. The molecule has 1 aromatic rings. The topological polar surface area (TPSA) is 135 Å². The maximum Gasteiger partial charge on any atom is 0.313 e. The number of allylic oxidation sites excluding steroid dienone is 1. The number of phenols is 2. The lowest BCUT2D eigenvalue weighted by Gasteiger charge is -2.37. The summed E-state index contributed by atoms with van der Waals surface area (Å²) in [7, 11) is 0. The Morgan fingerprint density at radius 2 is 1.96 bits per heavy atom. The summed E-state index contributed by atoms with van der Waals surface area (Å²) < 4.78 is 0. The first kappa shape index (κ1) is 17.0. The van der Waals surface area contributed by atoms with Gasteiger partial charge in [-0.1, -0.05) is 6.08 Å². The molecule has 0 aromatic heterocycles. The van der Waals surface area contributed by atoms with E-state index in [-0.39, 0.29) is 29.1 Å². The molecule has 5 N–H and O–H groups in total. The summed E-state index contributed by atoms with van der Waals surface area (Å²) in [5, 5.41) is 48.2. The summed E-state index contributed by atoms with van der Waals surface area (Å²) in [5.41, 5.74) is -1.83. The van der Waals surface area contributed by atoms with E-state index in [0.29, 0.717) is 6.42 Å². The van der Waals surface area contributed by atoms with Crippen molar-refractivity contribution in [2.45, 2.75) is 25.4 Å². The van der Waals surface area contributed by atoms with Crippen molar-refractivity contribution in [1.82, 2.24) is 0 Å². The standard InChI is InChI=1S/C16H18O7/c17-8-9-2-1-5-16(14(9)21,15(22)23)7-13(20)11-6-10(18)3-4-12(11)19/h2-4,6,14,17-19,21H,1,5,7-8H2,(H,22,23)/t14-,16-/m1/s1. The quantitative estimate of drug-likeness (QED) is 0.307. The highest BCUT2D eigenvalue weighted by atomic mass is 16.4. The lowest BCUT2D eigenvalue weighted by atomic mass is 9.68. The number of ketones is 1. The summed E-state index contributed by atoms with van der Waals surface area (Å²) in [5.74, 6) is -2.68. The van der Waals surface area contributed by atoms with Gasteiger partial charge in [0.05, 0.1) is 18.3 Å². The second-order valence-corrected chi connectivity index (χ2v) is 5.64. The molecule has 0 fully saturated rings. The average Bonchev–Trinajstić information content (AvgIpc) is 2.51. The smallest absolute Gasteiger partial charge is 0.313 e. The molecule has 1 aliphatic carbocycles. The van der Waals surface area contributed by atoms with Crippen LogP contribution in [0.2, 0.25) is 0 Å². The number of Topliss-reactive ketones (excluding diaryl/α,β-unsaturated/α-hetero) is 1. The van der Waals surface area contributed by atoms with Crippen molar-refractivity contribution in [3.05, 3.63) is 35.4 Å². The van der Waals surface area contributed by atoms with E-state index in [0.717, 1.165) is 12.1 Å². The van der Waals surface area contributed by atoms with Gasteiger partial charge in [0.2, 0.25) is 0 Å². The number of aliphatic hydroxyl groups is 2. The van der Waals surface area contributed by atoms with E-state index in [2.05, 4.69) is 0 Å². The van der Waals surface area contributed by atoms with Crippen molar-refractivity contribution in [3.63, 3.8) is 0 Å². The second-order valence-electron chi connectivity index (χ2n) is 5.64. The molecule has 0 aliphatic heterocycles. The lowest BCUT2D eigenvalue weighted by molar-refractivity contribution is -0.156. The Bertz CT molecular complexity index is 664. The van der Waals surface area contributed by atoms with Gasteiger partial charge >= 0.3 is 5.97 Å². The van der Waals surface area contributed by atoms with Crippen LogP contribution in [-0.2, 0) is 4.79 Å². The van der Waals surface area contributed by atoms with Crippen molar-refractivity contribution in [1.29, 1.82) is 0 Å². The third-order valence-corrected chi connectivity index (χ3v) is 4.24. The summed E-state index contributed by atoms with van der Waals surface area (Å²) >= 11 is 0. The number of carbonyl (C=O) groups is 2. The van der Waals surface area contributed by atoms with Gasteiger partial charge in [0, 0.05) is 6.42 Å². The van der Waals surface area contributed by atoms with E-state index < -0.39 is 36.3 Å². The monoisotopic (exact) mass is 322 g/mol. The molecule has 0 unspecified atom stereocenters. The molecule has 7 heteroatoms. The Labute approximate surface area is 132 Å². The maximum atomic E-state index is 12.4. The number of hydrogen-bond acceptors (Lipinski definition) is 6. The SMILES string of the molecule is O=C(C[C@]1(C(=O)O)CCC=C(CO)[C@H]1O)c1cc(O)ccc1O. The molecule has 0 amide bonds. The van der Waals surface area contributed by atoms with E-state index >= 15 is 0 Å². The van der Waals surface area contributed by atoms with E-state index in [9.17, 15) is 35.1 Å². The van der Waals surface area contributed by atoms with Crippen LogP contribution in [0.5, 0.6) is 11.5 Å². The van der Waals surface area contributed by atoms with Crippen LogP contribution in [0.25, 0.3) is 0 Å². The molecule has 2 atom stereocenters. The zero-order valence-corrected chi connectivity index (χ0v) is 12.3. The molecule has 124 valence electrons. The maximum absolute atomic E-state index is 12.4. The van der Waals surface area contributed by atoms with Gasteiger partial charge in [-0.2, -0.15) is 0 Å². The Balaban J connectivity index is 2.37. The number of carbonyl (C=O) groups excluding carboxylic acids is 1. The number of aliphatic hydroxyl groups excluding tert-OH is 2. The fourth-order valence-corrected chi connectivity index (χ4v) is 2.88. The summed E-state index contributed by atoms with van der Waals surface area (Å²) in [4.78, 5) is 24.1. The lowest BCUT2D eigenvalue weighted by Crippen LogP contribution is -2.47. The van der Waals surface area contributed by atoms with Gasteiger partial charge in [-0.05, 0) is 36.6 Å². The fraction of sp³-hybridized carbons (Fsp3) is 0.375. The van der Waals surface area contributed by atoms with Crippen LogP contribution in [0.4, 0.5) is 0 Å². The number of aromatic hydroxyl groups is 2. The van der Waals surface area contributed by atoms with E-state index in [1.165, 1.54) is 6.07 Å². The van der Waals surface area contributed by atoms with Crippen LogP contribution < -0.4 is 0 Å². The molecule has 0 spiro atoms. The highest BCUT2D eigenvalue weighted by Gasteiger charge is 2.49. The van der Waals surface area contributed by atoms with Gasteiger partial charge in [-0.3, -0.25) is 9.59 Å². The molecule has 0 saturated carbocycles. The van der Waals surface area contributed by atoms with Crippen molar-refractivity contribution in [2.24, 2.45) is 5.41 Å². The number of aliphatic carboxylic acids is 1. The van der Waals surface area contributed by atoms with Crippen LogP contribution in [0, 0.1) is 5.41 Å². The number of carboxylic acids is 1. The summed E-state index contributed by atoms with van der Waals surface area (Å²) in [6.07, 6.45) is -0.168. The van der Waals surface area contributed by atoms with E-state index in [1.807, 2.05) is 0 Å². The number of carboxylic acid groups (broad SMARTS) is 1. The number of rotatable bonds is 5. The molecule has 7 nitrogen and oxygen atoms in total. The van der Waals surface area contributed by atoms with Crippen LogP contribution in [-0.4, -0.2) is 50.0 Å². The molecule has 0 saturated heterocycles. The first-order valence-electron chi connectivity index (χ1n) is 7.08. The molecular weight excluding hydrogens is 304 g/mol. The first-order chi connectivity index (χ1) is 10.8. The van der Waals surface area contributed by atoms with E-state index in [1.54, 1.807) is 6.08 Å². The minimum atomic E-state index is -1.78. The molecule has 0 bridgehead atoms. The van der Waals surface area contributed by atoms with Gasteiger partial charge < -0.3 is 25.5 Å².